The van der Waals surface area contributed by atoms with E-state index < -0.39 is 15.8 Å². The van der Waals surface area contributed by atoms with Crippen LogP contribution in [0.25, 0.3) is 0 Å². The van der Waals surface area contributed by atoms with Gasteiger partial charge in [0.2, 0.25) is 10.0 Å². The third-order valence-electron chi connectivity index (χ3n) is 2.65. The van der Waals surface area contributed by atoms with Gasteiger partial charge in [0.1, 0.15) is 5.82 Å². The summed E-state index contributed by atoms with van der Waals surface area (Å²) in [5, 5.41) is 2.97. The molecule has 0 aliphatic carbocycles. The van der Waals surface area contributed by atoms with Crippen LogP contribution in [0.3, 0.4) is 0 Å². The Kier molecular flexibility index (Phi) is 4.85. The van der Waals surface area contributed by atoms with E-state index in [-0.39, 0.29) is 4.90 Å². The Balaban J connectivity index is 1.85. The normalized spacial score (nSPS) is 11.7. The van der Waals surface area contributed by atoms with Gasteiger partial charge in [0.25, 0.3) is 0 Å². The predicted octanol–water partition coefficient (Wildman–Crippen LogP) is 2.50. The van der Waals surface area contributed by atoms with Gasteiger partial charge in [-0.2, -0.15) is 0 Å². The molecule has 0 unspecified atom stereocenters. The van der Waals surface area contributed by atoms with Crippen LogP contribution in [0, 0.1) is 12.7 Å². The average Bonchev–Trinajstić information content (AvgIpc) is 2.81. The van der Waals surface area contributed by atoms with Crippen LogP contribution in [0.4, 0.5) is 4.39 Å². The van der Waals surface area contributed by atoms with Crippen molar-refractivity contribution in [3.05, 3.63) is 46.2 Å². The topological polar surface area (TPSA) is 59.1 Å². The minimum Gasteiger partial charge on any atom is -0.247 e. The maximum atomic E-state index is 12.8. The van der Waals surface area contributed by atoms with Crippen LogP contribution < -0.4 is 4.72 Å². The molecule has 108 valence electrons. The van der Waals surface area contributed by atoms with E-state index >= 15 is 0 Å². The van der Waals surface area contributed by atoms with Crippen molar-refractivity contribution in [3.63, 3.8) is 0 Å². The molecule has 0 radical (unpaired) electrons. The first-order chi connectivity index (χ1) is 9.47. The molecule has 4 nitrogen and oxygen atoms in total. The number of aryl methyl sites for hydroxylation is 2. The zero-order valence-corrected chi connectivity index (χ0v) is 12.6. The van der Waals surface area contributed by atoms with Crippen LogP contribution in [-0.2, 0) is 16.4 Å². The minimum atomic E-state index is -3.56. The van der Waals surface area contributed by atoms with E-state index in [2.05, 4.69) is 9.71 Å². The molecule has 0 spiro atoms. The summed E-state index contributed by atoms with van der Waals surface area (Å²) in [5.41, 5.74) is 0.983. The zero-order valence-electron chi connectivity index (χ0n) is 11.0. The molecular weight excluding hydrogens is 299 g/mol. The third kappa shape index (κ3) is 4.09. The smallest absolute Gasteiger partial charge is 0.240 e. The van der Waals surface area contributed by atoms with Crippen molar-refractivity contribution in [2.75, 3.05) is 6.54 Å². The summed E-state index contributed by atoms with van der Waals surface area (Å²) >= 11 is 1.58. The highest BCUT2D eigenvalue weighted by atomic mass is 32.2. The van der Waals surface area contributed by atoms with Gasteiger partial charge in [-0.05, 0) is 37.6 Å². The molecule has 1 aromatic carbocycles. The number of hydrogen-bond acceptors (Lipinski definition) is 4. The first kappa shape index (κ1) is 15.1. The van der Waals surface area contributed by atoms with Gasteiger partial charge in [0.15, 0.2) is 0 Å². The first-order valence-corrected chi connectivity index (χ1v) is 8.50. The van der Waals surface area contributed by atoms with Crippen molar-refractivity contribution in [2.24, 2.45) is 0 Å². The maximum absolute atomic E-state index is 12.8. The molecule has 20 heavy (non-hydrogen) atoms. The Hall–Kier alpha value is -1.31. The second kappa shape index (κ2) is 6.43. The van der Waals surface area contributed by atoms with Gasteiger partial charge in [-0.15, -0.1) is 11.3 Å². The van der Waals surface area contributed by atoms with Crippen molar-refractivity contribution >= 4 is 21.4 Å². The molecular formula is C13H15FN2O2S2. The Morgan fingerprint density at radius 2 is 2.00 bits per heavy atom. The fourth-order valence-corrected chi connectivity index (χ4v) is 3.55. The summed E-state index contributed by atoms with van der Waals surface area (Å²) in [5.74, 6) is -0.455. The SMILES string of the molecule is Cc1csc(CCCNS(=O)(=O)c2ccc(F)cc2)n1. The summed E-state index contributed by atoms with van der Waals surface area (Å²) in [6.07, 6.45) is 1.41. The fraction of sp³-hybridized carbons (Fsp3) is 0.308. The van der Waals surface area contributed by atoms with Crippen LogP contribution in [0.15, 0.2) is 34.5 Å². The monoisotopic (exact) mass is 314 g/mol. The van der Waals surface area contributed by atoms with Crippen LogP contribution in [0.5, 0.6) is 0 Å². The molecule has 1 aromatic heterocycles. The molecule has 7 heteroatoms. The fourth-order valence-electron chi connectivity index (χ4n) is 1.66. The lowest BCUT2D eigenvalue weighted by Gasteiger charge is -2.06. The van der Waals surface area contributed by atoms with E-state index in [1.165, 1.54) is 12.1 Å². The summed E-state index contributed by atoms with van der Waals surface area (Å²) in [6, 6.07) is 4.77. The average molecular weight is 314 g/mol. The molecule has 0 amide bonds. The Morgan fingerprint density at radius 1 is 1.30 bits per heavy atom. The maximum Gasteiger partial charge on any atom is 0.240 e. The highest BCUT2D eigenvalue weighted by Crippen LogP contribution is 2.12. The Morgan fingerprint density at radius 3 is 2.60 bits per heavy atom. The van der Waals surface area contributed by atoms with Gasteiger partial charge in [-0.1, -0.05) is 0 Å². The summed E-state index contributed by atoms with van der Waals surface area (Å²) < 4.78 is 39.1. The molecule has 0 saturated carbocycles. The van der Waals surface area contributed by atoms with E-state index in [0.29, 0.717) is 13.0 Å². The molecule has 2 rings (SSSR count). The van der Waals surface area contributed by atoms with E-state index in [0.717, 1.165) is 29.3 Å². The Labute approximate surface area is 121 Å². The number of halogens is 1. The summed E-state index contributed by atoms with van der Waals surface area (Å²) in [4.78, 5) is 4.39. The van der Waals surface area contributed by atoms with E-state index in [4.69, 9.17) is 0 Å². The standard InChI is InChI=1S/C13H15FN2O2S2/c1-10-9-19-13(16-10)3-2-8-15-20(17,18)12-6-4-11(14)5-7-12/h4-7,9,15H,2-3,8H2,1H3. The second-order valence-corrected chi connectivity index (χ2v) is 7.05. The number of nitrogens with zero attached hydrogens (tertiary/aromatic N) is 1. The van der Waals surface area contributed by atoms with Crippen molar-refractivity contribution in [1.29, 1.82) is 0 Å². The van der Waals surface area contributed by atoms with E-state index in [1.807, 2.05) is 12.3 Å². The number of benzene rings is 1. The first-order valence-electron chi connectivity index (χ1n) is 6.13. The van der Waals surface area contributed by atoms with Crippen LogP contribution in [-0.4, -0.2) is 19.9 Å². The van der Waals surface area contributed by atoms with Gasteiger partial charge in [-0.3, -0.25) is 0 Å². The second-order valence-electron chi connectivity index (χ2n) is 4.34. The number of aromatic nitrogens is 1. The van der Waals surface area contributed by atoms with E-state index in [9.17, 15) is 12.8 Å². The van der Waals surface area contributed by atoms with Crippen LogP contribution >= 0.6 is 11.3 Å². The van der Waals surface area contributed by atoms with Crippen molar-refractivity contribution < 1.29 is 12.8 Å². The van der Waals surface area contributed by atoms with Gasteiger partial charge in [0.05, 0.1) is 9.90 Å². The Bertz CT molecular complexity index is 666. The van der Waals surface area contributed by atoms with Crippen LogP contribution in [0.1, 0.15) is 17.1 Å². The molecule has 0 atom stereocenters. The molecule has 1 heterocycles. The number of sulfonamides is 1. The van der Waals surface area contributed by atoms with Gasteiger partial charge >= 0.3 is 0 Å². The quantitative estimate of drug-likeness (QED) is 0.834. The van der Waals surface area contributed by atoms with Gasteiger partial charge in [0, 0.05) is 24.0 Å². The van der Waals surface area contributed by atoms with Gasteiger partial charge < -0.3 is 0 Å². The van der Waals surface area contributed by atoms with E-state index in [1.54, 1.807) is 11.3 Å². The molecule has 0 fully saturated rings. The molecule has 2 aromatic rings. The van der Waals surface area contributed by atoms with Gasteiger partial charge in [-0.25, -0.2) is 22.5 Å². The third-order valence-corrected chi connectivity index (χ3v) is 5.15. The molecule has 0 aliphatic rings. The molecule has 0 aliphatic heterocycles. The molecule has 0 bridgehead atoms. The highest BCUT2D eigenvalue weighted by molar-refractivity contribution is 7.89. The lowest BCUT2D eigenvalue weighted by molar-refractivity contribution is 0.578. The van der Waals surface area contributed by atoms with Crippen molar-refractivity contribution in [3.8, 4) is 0 Å². The van der Waals surface area contributed by atoms with Crippen molar-refractivity contribution in [2.45, 2.75) is 24.7 Å². The summed E-state index contributed by atoms with van der Waals surface area (Å²) in [7, 11) is -3.56. The number of rotatable bonds is 6. The van der Waals surface area contributed by atoms with Crippen LogP contribution in [0.2, 0.25) is 0 Å². The molecule has 1 N–H and O–H groups in total. The zero-order chi connectivity index (χ0) is 14.6. The lowest BCUT2D eigenvalue weighted by atomic mass is 10.3. The molecule has 0 saturated heterocycles. The largest absolute Gasteiger partial charge is 0.247 e. The van der Waals surface area contributed by atoms with Crippen molar-refractivity contribution in [1.82, 2.24) is 9.71 Å². The minimum absolute atomic E-state index is 0.0731. The number of thiazole rings is 1. The predicted molar refractivity (Wildman–Crippen MR) is 76.8 cm³/mol. The highest BCUT2D eigenvalue weighted by Gasteiger charge is 2.13. The number of nitrogens with one attached hydrogen (secondary N) is 1. The number of hydrogen-bond donors (Lipinski definition) is 1. The summed E-state index contributed by atoms with van der Waals surface area (Å²) in [6.45, 7) is 2.26. The lowest BCUT2D eigenvalue weighted by Crippen LogP contribution is -2.25.